The van der Waals surface area contributed by atoms with Crippen molar-refractivity contribution in [3.8, 4) is 0 Å². The molecular weight excluding hydrogens is 131 g/mol. The van der Waals surface area contributed by atoms with Crippen molar-refractivity contribution >= 4 is 21.7 Å². The van der Waals surface area contributed by atoms with Crippen molar-refractivity contribution in [2.45, 2.75) is 0 Å². The summed E-state index contributed by atoms with van der Waals surface area (Å²) < 4.78 is 18.0. The Bertz CT molecular complexity index is 102. The van der Waals surface area contributed by atoms with E-state index in [1.165, 1.54) is 0 Å². The van der Waals surface area contributed by atoms with Gasteiger partial charge in [0.1, 0.15) is 0 Å². The average molecular weight is 135 g/mol. The summed E-state index contributed by atoms with van der Waals surface area (Å²) in [5.74, 6) is 0. The number of oxime groups is 2. The summed E-state index contributed by atoms with van der Waals surface area (Å²) in [5, 5.41) is 5.62. The number of hydrogen-bond acceptors (Lipinski definition) is 5. The van der Waals surface area contributed by atoms with Crippen LogP contribution >= 0.6 is 8.25 Å². The molecule has 0 heterocycles. The van der Waals surface area contributed by atoms with Crippen LogP contribution in [0.5, 0.6) is 0 Å². The quantitative estimate of drug-likeness (QED) is 0.327. The Morgan fingerprint density at radius 3 is 1.88 bits per heavy atom. The van der Waals surface area contributed by atoms with E-state index in [0.717, 1.165) is 0 Å². The van der Waals surface area contributed by atoms with E-state index in [-0.39, 0.29) is 0 Å². The predicted molar refractivity (Wildman–Crippen MR) is 28.9 cm³/mol. The van der Waals surface area contributed by atoms with Crippen molar-refractivity contribution in [1.29, 1.82) is 0 Å². The van der Waals surface area contributed by atoms with Crippen LogP contribution in [0.25, 0.3) is 0 Å². The Morgan fingerprint density at radius 1 is 1.25 bits per heavy atom. The van der Waals surface area contributed by atoms with Crippen molar-refractivity contribution in [3.63, 3.8) is 0 Å². The van der Waals surface area contributed by atoms with Gasteiger partial charge in [0.25, 0.3) is 0 Å². The van der Waals surface area contributed by atoms with Crippen molar-refractivity contribution in [1.82, 2.24) is 0 Å². The van der Waals surface area contributed by atoms with Gasteiger partial charge >= 0.3 is 8.25 Å². The fourth-order valence-corrected chi connectivity index (χ4v) is 0.328. The fourth-order valence-electron chi connectivity index (χ4n) is 0.109. The monoisotopic (exact) mass is 135 g/mol. The second-order valence-electron chi connectivity index (χ2n) is 0.645. The van der Waals surface area contributed by atoms with Gasteiger partial charge in [0.05, 0.1) is 0 Å². The lowest BCUT2D eigenvalue weighted by Gasteiger charge is -1.70. The zero-order chi connectivity index (χ0) is 6.41. The fraction of sp³-hybridized carbons (Fsp3) is 0. The Morgan fingerprint density at radius 2 is 1.62 bits per heavy atom. The summed E-state index contributed by atoms with van der Waals surface area (Å²) >= 11 is 0. The van der Waals surface area contributed by atoms with Crippen LogP contribution in [0.3, 0.4) is 0 Å². The molecule has 0 rings (SSSR count). The van der Waals surface area contributed by atoms with Gasteiger partial charge in [0.15, 0.2) is 0 Å². The van der Waals surface area contributed by atoms with Gasteiger partial charge < -0.3 is 0 Å². The van der Waals surface area contributed by atoms with Gasteiger partial charge in [-0.25, -0.2) is 0 Å². The Hall–Kier alpha value is -0.960. The average Bonchev–Trinajstić information content (AvgIpc) is 1.68. The Balaban J connectivity index is 3.32. The molecule has 5 nitrogen and oxygen atoms in total. The molecule has 0 aromatic rings. The first-order valence-corrected chi connectivity index (χ1v) is 2.64. The standard InChI is InChI=1S/C2H4N2O3P/c1-3-6-8(5)7-4-2/h1-2H2/q+1. The molecule has 0 aromatic heterocycles. The van der Waals surface area contributed by atoms with Gasteiger partial charge in [-0.2, -0.15) is 0 Å². The zero-order valence-electron chi connectivity index (χ0n) is 3.98. The molecule has 6 heteroatoms. The Labute approximate surface area is 46.9 Å². The van der Waals surface area contributed by atoms with Gasteiger partial charge in [0, 0.05) is 18.0 Å². The predicted octanol–water partition coefficient (Wildman–Crippen LogP) is 0.908. The SMILES string of the molecule is C=NO[P+](=O)ON=C. The van der Waals surface area contributed by atoms with E-state index in [1.54, 1.807) is 0 Å². The molecule has 0 aliphatic heterocycles. The smallest absolute Gasteiger partial charge is 0.0981 e. The summed E-state index contributed by atoms with van der Waals surface area (Å²) in [6.07, 6.45) is 0. The van der Waals surface area contributed by atoms with E-state index < -0.39 is 8.25 Å². The van der Waals surface area contributed by atoms with Crippen LogP contribution in [0, 0.1) is 0 Å². The first-order chi connectivity index (χ1) is 3.81. The highest BCUT2D eigenvalue weighted by Gasteiger charge is 2.20. The summed E-state index contributed by atoms with van der Waals surface area (Å²) in [7, 11) is -2.29. The maximum atomic E-state index is 10.1. The molecule has 0 saturated heterocycles. The zero-order valence-corrected chi connectivity index (χ0v) is 4.88. The second kappa shape index (κ2) is 4.21. The first kappa shape index (κ1) is 7.04. The molecule has 0 radical (unpaired) electrons. The van der Waals surface area contributed by atoms with Crippen molar-refractivity contribution < 1.29 is 13.8 Å². The summed E-state index contributed by atoms with van der Waals surface area (Å²) in [6.45, 7) is 5.77. The lowest BCUT2D eigenvalue weighted by molar-refractivity contribution is 0.245. The van der Waals surface area contributed by atoms with Crippen LogP contribution in [-0.2, 0) is 13.8 Å². The van der Waals surface area contributed by atoms with E-state index in [4.69, 9.17) is 0 Å². The highest BCUT2D eigenvalue weighted by atomic mass is 31.1. The van der Waals surface area contributed by atoms with Crippen molar-refractivity contribution in [2.75, 3.05) is 0 Å². The summed E-state index contributed by atoms with van der Waals surface area (Å²) in [4.78, 5) is 0. The lowest BCUT2D eigenvalue weighted by atomic mass is 11.8. The summed E-state index contributed by atoms with van der Waals surface area (Å²) in [5.41, 5.74) is 0. The largest absolute Gasteiger partial charge is 0.851 e. The minimum Gasteiger partial charge on any atom is -0.0981 e. The van der Waals surface area contributed by atoms with E-state index >= 15 is 0 Å². The van der Waals surface area contributed by atoms with Gasteiger partial charge in [0.2, 0.25) is 0 Å². The van der Waals surface area contributed by atoms with Gasteiger partial charge in [-0.15, -0.1) is 0 Å². The van der Waals surface area contributed by atoms with E-state index in [1.807, 2.05) is 0 Å². The lowest BCUT2D eigenvalue weighted by Crippen LogP contribution is -1.66. The second-order valence-corrected chi connectivity index (χ2v) is 1.42. The highest BCUT2D eigenvalue weighted by Crippen LogP contribution is 2.22. The van der Waals surface area contributed by atoms with Crippen molar-refractivity contribution in [3.05, 3.63) is 0 Å². The van der Waals surface area contributed by atoms with Crippen LogP contribution in [0.1, 0.15) is 0 Å². The maximum Gasteiger partial charge on any atom is 0.851 e. The van der Waals surface area contributed by atoms with Gasteiger partial charge in [-0.05, 0) is 10.3 Å². The number of hydrogen-bond donors (Lipinski definition) is 0. The third kappa shape index (κ3) is 3.24. The molecule has 44 valence electrons. The molecule has 0 fully saturated rings. The van der Waals surface area contributed by atoms with Crippen molar-refractivity contribution in [2.24, 2.45) is 10.3 Å². The van der Waals surface area contributed by atoms with Crippen LogP contribution in [0.4, 0.5) is 0 Å². The van der Waals surface area contributed by atoms with Crippen LogP contribution in [-0.4, -0.2) is 13.4 Å². The maximum absolute atomic E-state index is 10.1. The Kier molecular flexibility index (Phi) is 3.70. The molecule has 8 heavy (non-hydrogen) atoms. The van der Waals surface area contributed by atoms with Crippen LogP contribution in [0.2, 0.25) is 0 Å². The molecular formula is C2H4N2O3P+. The topological polar surface area (TPSA) is 60.2 Å². The summed E-state index contributed by atoms with van der Waals surface area (Å²) in [6, 6.07) is 0. The molecule has 0 aliphatic carbocycles. The minimum atomic E-state index is -2.29. The highest BCUT2D eigenvalue weighted by molar-refractivity contribution is 7.33. The molecule has 0 saturated carbocycles. The first-order valence-electron chi connectivity index (χ1n) is 1.55. The molecule has 0 bridgehead atoms. The molecule has 0 atom stereocenters. The third-order valence-corrected chi connectivity index (χ3v) is 0.746. The van der Waals surface area contributed by atoms with E-state index in [2.05, 4.69) is 33.0 Å². The molecule has 0 N–H and O–H groups in total. The third-order valence-electron chi connectivity index (χ3n) is 0.249. The number of rotatable bonds is 4. The van der Waals surface area contributed by atoms with Gasteiger partial charge in [-0.1, -0.05) is 9.25 Å². The van der Waals surface area contributed by atoms with Crippen LogP contribution < -0.4 is 0 Å². The molecule has 0 amide bonds. The van der Waals surface area contributed by atoms with Crippen LogP contribution in [0.15, 0.2) is 10.3 Å². The molecule has 0 unspecified atom stereocenters. The molecule has 0 aromatic carbocycles. The van der Waals surface area contributed by atoms with Gasteiger partial charge in [-0.3, -0.25) is 0 Å². The van der Waals surface area contributed by atoms with E-state index in [9.17, 15) is 4.57 Å². The number of nitrogens with zero attached hydrogens (tertiary/aromatic N) is 2. The normalized spacial score (nSPS) is 7.00. The minimum absolute atomic E-state index is 2.29. The van der Waals surface area contributed by atoms with E-state index in [0.29, 0.717) is 0 Å². The molecule has 0 spiro atoms. The molecule has 0 aliphatic rings.